The van der Waals surface area contributed by atoms with Crippen LogP contribution in [-0.2, 0) is 6.42 Å². The number of carbonyl (C=O) groups is 1. The zero-order valence-electron chi connectivity index (χ0n) is 19.9. The number of carboxylic acids is 1. The molecule has 0 bridgehead atoms. The number of aliphatic imine (C=N–C) groups is 1. The van der Waals surface area contributed by atoms with Gasteiger partial charge in [-0.05, 0) is 60.9 Å². The molecule has 1 aliphatic heterocycles. The van der Waals surface area contributed by atoms with E-state index in [0.29, 0.717) is 39.9 Å². The van der Waals surface area contributed by atoms with Crippen molar-refractivity contribution in [3.8, 4) is 28.8 Å². The van der Waals surface area contributed by atoms with Crippen molar-refractivity contribution in [1.29, 1.82) is 0 Å². The first-order valence-corrected chi connectivity index (χ1v) is 12.8. The second-order valence-electron chi connectivity index (χ2n) is 8.54. The lowest BCUT2D eigenvalue weighted by molar-refractivity contribution is 0.0695. The Bertz CT molecular complexity index is 1600. The highest BCUT2D eigenvalue weighted by atomic mass is 35.5. The van der Waals surface area contributed by atoms with Gasteiger partial charge in [0.05, 0.1) is 33.4 Å². The molecule has 1 unspecified atom stereocenters. The molecular weight excluding hydrogens is 504 g/mol. The van der Waals surface area contributed by atoms with Crippen LogP contribution in [0.5, 0.6) is 5.75 Å². The van der Waals surface area contributed by atoms with E-state index in [0.717, 1.165) is 22.4 Å². The van der Waals surface area contributed by atoms with Crippen molar-refractivity contribution in [2.75, 3.05) is 0 Å². The smallest absolute Gasteiger partial charge is 0.336 e. The van der Waals surface area contributed by atoms with Crippen LogP contribution in [0.15, 0.2) is 83.1 Å². The number of aryl methyl sites for hydroxylation is 1. The van der Waals surface area contributed by atoms with Crippen LogP contribution in [0.1, 0.15) is 32.6 Å². The van der Waals surface area contributed by atoms with Gasteiger partial charge in [-0.3, -0.25) is 0 Å². The Morgan fingerprint density at radius 1 is 1.19 bits per heavy atom. The Morgan fingerprint density at radius 2 is 2.00 bits per heavy atom. The van der Waals surface area contributed by atoms with Crippen LogP contribution in [0.3, 0.4) is 0 Å². The van der Waals surface area contributed by atoms with E-state index < -0.39 is 5.97 Å². The third-order valence-electron chi connectivity index (χ3n) is 6.06. The molecule has 1 atom stereocenters. The van der Waals surface area contributed by atoms with E-state index in [1.807, 2.05) is 47.3 Å². The van der Waals surface area contributed by atoms with Gasteiger partial charge in [-0.1, -0.05) is 47.7 Å². The van der Waals surface area contributed by atoms with Gasteiger partial charge < -0.3 is 9.84 Å². The zero-order valence-corrected chi connectivity index (χ0v) is 21.4. The van der Waals surface area contributed by atoms with Crippen LogP contribution in [0, 0.1) is 24.7 Å². The quantitative estimate of drug-likeness (QED) is 0.224. The molecule has 7 heteroatoms. The summed E-state index contributed by atoms with van der Waals surface area (Å²) in [7, 11) is 0. The van der Waals surface area contributed by atoms with Crippen molar-refractivity contribution >= 4 is 40.5 Å². The van der Waals surface area contributed by atoms with Gasteiger partial charge in [0.1, 0.15) is 5.75 Å². The molecule has 0 fully saturated rings. The van der Waals surface area contributed by atoms with Crippen LogP contribution < -0.4 is 4.74 Å². The minimum Gasteiger partial charge on any atom is -0.478 e. The molecule has 1 aliphatic rings. The van der Waals surface area contributed by atoms with Crippen molar-refractivity contribution in [3.05, 3.63) is 111 Å². The predicted octanol–water partition coefficient (Wildman–Crippen LogP) is 7.34. The lowest BCUT2D eigenvalue weighted by Crippen LogP contribution is -2.24. The second kappa shape index (κ2) is 10.4. The van der Waals surface area contributed by atoms with Gasteiger partial charge in [0.15, 0.2) is 0 Å². The summed E-state index contributed by atoms with van der Waals surface area (Å²) in [6.45, 7) is 5.67. The number of hydrogen-bond donors (Lipinski definition) is 1. The number of hydrogen-bond acceptors (Lipinski definition) is 5. The summed E-state index contributed by atoms with van der Waals surface area (Å²) in [6, 6.07) is 16.6. The van der Waals surface area contributed by atoms with Gasteiger partial charge in [-0.2, -0.15) is 0 Å². The molecule has 0 saturated carbocycles. The van der Waals surface area contributed by atoms with Gasteiger partial charge in [0.25, 0.3) is 0 Å². The largest absolute Gasteiger partial charge is 0.478 e. The van der Waals surface area contributed by atoms with Crippen LogP contribution in [0.2, 0.25) is 5.02 Å². The predicted molar refractivity (Wildman–Crippen MR) is 148 cm³/mol. The van der Waals surface area contributed by atoms with E-state index in [-0.39, 0.29) is 11.5 Å². The maximum absolute atomic E-state index is 11.5. The number of aromatic carboxylic acids is 1. The molecule has 2 heterocycles. The van der Waals surface area contributed by atoms with Crippen LogP contribution in [0.25, 0.3) is 11.3 Å². The first-order valence-electron chi connectivity index (χ1n) is 11.5. The highest BCUT2D eigenvalue weighted by Gasteiger charge is 2.24. The first-order chi connectivity index (χ1) is 17.9. The second-order valence-corrected chi connectivity index (χ2v) is 9.67. The lowest BCUT2D eigenvalue weighted by atomic mass is 9.94. The Hall–Kier alpha value is -4.18. The van der Waals surface area contributed by atoms with E-state index >= 15 is 0 Å². The summed E-state index contributed by atoms with van der Waals surface area (Å²) >= 11 is 8.13. The molecule has 0 saturated heterocycles. The molecule has 0 aliphatic carbocycles. The molecule has 1 aromatic heterocycles. The third kappa shape index (κ3) is 5.34. The van der Waals surface area contributed by atoms with E-state index in [9.17, 15) is 9.90 Å². The summed E-state index contributed by atoms with van der Waals surface area (Å²) in [6.07, 6.45) is 2.38. The van der Waals surface area contributed by atoms with Crippen molar-refractivity contribution in [1.82, 2.24) is 4.98 Å². The maximum Gasteiger partial charge on any atom is 0.336 e. The normalized spacial score (nSPS) is 14.1. The molecule has 5 nitrogen and oxygen atoms in total. The number of fused-ring (bicyclic) bond motifs is 1. The lowest BCUT2D eigenvalue weighted by Gasteiger charge is -2.23. The molecule has 3 aromatic carbocycles. The first kappa shape index (κ1) is 24.5. The van der Waals surface area contributed by atoms with Crippen LogP contribution in [-0.4, -0.2) is 22.0 Å². The Morgan fingerprint density at radius 3 is 2.70 bits per heavy atom. The zero-order chi connectivity index (χ0) is 25.9. The van der Waals surface area contributed by atoms with Gasteiger partial charge >= 0.3 is 5.97 Å². The average Bonchev–Trinajstić information content (AvgIpc) is 3.44. The summed E-state index contributed by atoms with van der Waals surface area (Å²) in [5, 5.41) is 12.0. The average molecular weight is 525 g/mol. The van der Waals surface area contributed by atoms with Crippen molar-refractivity contribution in [2.45, 2.75) is 13.3 Å². The fourth-order valence-electron chi connectivity index (χ4n) is 4.01. The minimum atomic E-state index is -1.00. The monoisotopic (exact) mass is 524 g/mol. The third-order valence-corrected chi connectivity index (χ3v) is 6.96. The molecule has 0 amide bonds. The van der Waals surface area contributed by atoms with Gasteiger partial charge in [0.2, 0.25) is 5.90 Å². The Kier molecular flexibility index (Phi) is 6.91. The van der Waals surface area contributed by atoms with E-state index in [1.165, 1.54) is 6.07 Å². The maximum atomic E-state index is 11.5. The topological polar surface area (TPSA) is 71.8 Å². The standard InChI is InChI=1S/C30H21ClN2O3S/c1-3-20-12-23-13-26(31)22(10-7-19-5-8-21(9-6-19)28-16-37-17-32-28)14-27(23)33-29(20)36-24-11-4-18(2)25(15-24)30(34)35/h3-6,8-9,11,13-17,20H,1,12H2,2H3,(H,34,35). The Balaban J connectivity index is 1.43. The fourth-order valence-corrected chi connectivity index (χ4v) is 4.80. The summed E-state index contributed by atoms with van der Waals surface area (Å²) < 4.78 is 6.04. The fraction of sp³-hybridized carbons (Fsp3) is 0.100. The SMILES string of the molecule is C=CC1Cc2cc(Cl)c(C#Cc3ccc(-c4cscn4)cc3)cc2N=C1Oc1ccc(C)c(C(=O)O)c1. The molecule has 5 rings (SSSR count). The molecule has 0 spiro atoms. The highest BCUT2D eigenvalue weighted by molar-refractivity contribution is 7.07. The molecule has 4 aromatic rings. The molecular formula is C30H21ClN2O3S. The van der Waals surface area contributed by atoms with Gasteiger partial charge in [-0.15, -0.1) is 17.9 Å². The summed E-state index contributed by atoms with van der Waals surface area (Å²) in [5.41, 5.74) is 7.85. The van der Waals surface area contributed by atoms with Crippen LogP contribution >= 0.6 is 22.9 Å². The number of nitrogens with zero attached hydrogens (tertiary/aromatic N) is 2. The number of benzene rings is 3. The highest BCUT2D eigenvalue weighted by Crippen LogP contribution is 2.34. The molecule has 1 N–H and O–H groups in total. The van der Waals surface area contributed by atoms with E-state index in [4.69, 9.17) is 21.3 Å². The number of carboxylic acid groups (broad SMARTS) is 1. The van der Waals surface area contributed by atoms with Gasteiger partial charge in [0, 0.05) is 22.1 Å². The van der Waals surface area contributed by atoms with E-state index in [2.05, 4.69) is 23.4 Å². The van der Waals surface area contributed by atoms with Crippen molar-refractivity contribution in [2.24, 2.45) is 10.9 Å². The van der Waals surface area contributed by atoms with Crippen LogP contribution in [0.4, 0.5) is 5.69 Å². The molecule has 0 radical (unpaired) electrons. The number of halogens is 1. The number of aromatic nitrogens is 1. The van der Waals surface area contributed by atoms with Crippen molar-refractivity contribution < 1.29 is 14.6 Å². The minimum absolute atomic E-state index is 0.175. The van der Waals surface area contributed by atoms with Gasteiger partial charge in [-0.25, -0.2) is 14.8 Å². The number of thiazole rings is 1. The van der Waals surface area contributed by atoms with E-state index in [1.54, 1.807) is 36.5 Å². The number of rotatable bonds is 4. The van der Waals surface area contributed by atoms with Crippen molar-refractivity contribution in [3.63, 3.8) is 0 Å². The Labute approximate surface area is 223 Å². The summed E-state index contributed by atoms with van der Waals surface area (Å²) in [5.74, 6) is 6.00. The summed E-state index contributed by atoms with van der Waals surface area (Å²) in [4.78, 5) is 20.6. The molecule has 182 valence electrons. The molecule has 37 heavy (non-hydrogen) atoms. The number of ether oxygens (including phenoxy) is 1.